The molecule has 188 valence electrons. The summed E-state index contributed by atoms with van der Waals surface area (Å²) in [5.41, 5.74) is 0.580. The molecule has 6 heteroatoms. The number of hydrogen-bond acceptors (Lipinski definition) is 4. The predicted molar refractivity (Wildman–Crippen MR) is 139 cm³/mol. The molecule has 0 aromatic heterocycles. The molecule has 0 heterocycles. The summed E-state index contributed by atoms with van der Waals surface area (Å²) in [5, 5.41) is 11.4. The van der Waals surface area contributed by atoms with Gasteiger partial charge < -0.3 is 14.2 Å². The second-order valence-electron chi connectivity index (χ2n) is 11.4. The van der Waals surface area contributed by atoms with Crippen LogP contribution in [0.3, 0.4) is 0 Å². The molecule has 0 bridgehead atoms. The third kappa shape index (κ3) is 6.94. The molecule has 0 saturated heterocycles. The first-order valence-corrected chi connectivity index (χ1v) is 15.3. The zero-order chi connectivity index (χ0) is 24.3. The third-order valence-electron chi connectivity index (χ3n) is 7.95. The van der Waals surface area contributed by atoms with Crippen LogP contribution in [-0.4, -0.2) is 17.3 Å². The molecule has 2 saturated carbocycles. The fraction of sp³-hybridized carbons (Fsp3) is 0.778. The summed E-state index contributed by atoms with van der Waals surface area (Å²) in [6, 6.07) is 7.34. The minimum atomic E-state index is -3.85. The molecule has 33 heavy (non-hydrogen) atoms. The average Bonchev–Trinajstić information content (AvgIpc) is 2.73. The van der Waals surface area contributed by atoms with Crippen LogP contribution >= 0.6 is 23.5 Å². The van der Waals surface area contributed by atoms with Gasteiger partial charge in [0, 0.05) is 4.47 Å². The molecule has 0 radical (unpaired) electrons. The van der Waals surface area contributed by atoms with E-state index in [-0.39, 0.29) is 12.2 Å². The summed E-state index contributed by atoms with van der Waals surface area (Å²) < 4.78 is 28.5. The highest BCUT2D eigenvalue weighted by Gasteiger charge is 2.46. The molecule has 0 spiro atoms. The fourth-order valence-corrected chi connectivity index (χ4v) is 8.13. The molecule has 1 N–H and O–H groups in total. The van der Waals surface area contributed by atoms with Gasteiger partial charge >= 0.3 is 7.60 Å². The van der Waals surface area contributed by atoms with Crippen molar-refractivity contribution in [2.75, 3.05) is 0 Å². The lowest BCUT2D eigenvalue weighted by Gasteiger charge is -2.42. The van der Waals surface area contributed by atoms with E-state index in [0.29, 0.717) is 41.1 Å². The van der Waals surface area contributed by atoms with Crippen LogP contribution in [0.2, 0.25) is 0 Å². The smallest absolute Gasteiger partial charge is 0.363 e. The Morgan fingerprint density at radius 3 is 1.67 bits per heavy atom. The van der Waals surface area contributed by atoms with Crippen molar-refractivity contribution in [2.45, 2.75) is 98.1 Å². The summed E-state index contributed by atoms with van der Waals surface area (Å²) in [4.78, 5) is 0. The van der Waals surface area contributed by atoms with Crippen LogP contribution in [0, 0.1) is 35.5 Å². The van der Waals surface area contributed by atoms with Crippen LogP contribution in [0.15, 0.2) is 28.7 Å². The van der Waals surface area contributed by atoms with Crippen LogP contribution in [0.5, 0.6) is 0 Å². The predicted octanol–water partition coefficient (Wildman–Crippen LogP) is 8.59. The highest BCUT2D eigenvalue weighted by Crippen LogP contribution is 2.64. The molecule has 1 unspecified atom stereocenters. The van der Waals surface area contributed by atoms with Crippen LogP contribution in [0.25, 0.3) is 0 Å². The van der Waals surface area contributed by atoms with E-state index in [1.54, 1.807) is 12.1 Å². The first-order valence-electron chi connectivity index (χ1n) is 12.9. The number of halogens is 1. The topological polar surface area (TPSA) is 55.8 Å². The fourth-order valence-electron chi connectivity index (χ4n) is 5.81. The van der Waals surface area contributed by atoms with Gasteiger partial charge in [0.25, 0.3) is 0 Å². The van der Waals surface area contributed by atoms with E-state index >= 15 is 0 Å². The molecule has 1 aromatic rings. The van der Waals surface area contributed by atoms with Crippen molar-refractivity contribution in [1.29, 1.82) is 0 Å². The lowest BCUT2D eigenvalue weighted by molar-refractivity contribution is -0.0153. The SMILES string of the molecule is CC(C)[C@H]1CC[C@@H](C)C[C@H]1OP(=O)(O[C@@H]1C[C@@H](C)CC[C@H]1C(C)C)[C@H](O)c1ccc(Br)cc1. The number of aliphatic hydroxyl groups is 1. The van der Waals surface area contributed by atoms with E-state index in [1.807, 2.05) is 12.1 Å². The monoisotopic (exact) mass is 542 g/mol. The van der Waals surface area contributed by atoms with Crippen molar-refractivity contribution in [3.8, 4) is 0 Å². The lowest BCUT2D eigenvalue weighted by atomic mass is 9.75. The Labute approximate surface area is 209 Å². The van der Waals surface area contributed by atoms with E-state index in [1.165, 1.54) is 12.8 Å². The largest absolute Gasteiger partial charge is 0.376 e. The second kappa shape index (κ2) is 11.7. The molecule has 2 aliphatic carbocycles. The van der Waals surface area contributed by atoms with Gasteiger partial charge in [0.2, 0.25) is 0 Å². The standard InChI is InChI=1S/C27H44BrO4P/c1-17(2)23-13-7-19(5)15-25(23)31-33(30,27(29)21-9-11-22(28)12-10-21)32-26-16-20(6)8-14-24(26)18(3)4/h9-12,17-20,23-27,29H,7-8,13-16H2,1-6H3/t19-,20+,23-,24+,25-,26-,27+,33?/m1/s1. The molecule has 0 aliphatic heterocycles. The van der Waals surface area contributed by atoms with Gasteiger partial charge in [0.05, 0.1) is 12.2 Å². The van der Waals surface area contributed by atoms with E-state index < -0.39 is 13.4 Å². The number of aliphatic hydroxyl groups excluding tert-OH is 1. The highest BCUT2D eigenvalue weighted by atomic mass is 79.9. The van der Waals surface area contributed by atoms with Crippen molar-refractivity contribution in [2.24, 2.45) is 35.5 Å². The van der Waals surface area contributed by atoms with Crippen molar-refractivity contribution in [3.05, 3.63) is 34.3 Å². The number of hydrogen-bond donors (Lipinski definition) is 1. The molecule has 8 atom stereocenters. The van der Waals surface area contributed by atoms with Crippen LogP contribution in [-0.2, 0) is 13.6 Å². The second-order valence-corrected chi connectivity index (χ2v) is 14.3. The summed E-state index contributed by atoms with van der Waals surface area (Å²) >= 11 is 3.45. The van der Waals surface area contributed by atoms with Gasteiger partial charge in [-0.05, 0) is 78.9 Å². The number of benzene rings is 1. The van der Waals surface area contributed by atoms with Crippen molar-refractivity contribution in [1.82, 2.24) is 0 Å². The first kappa shape index (κ1) is 27.4. The van der Waals surface area contributed by atoms with Crippen LogP contribution in [0.1, 0.15) is 91.5 Å². The van der Waals surface area contributed by atoms with Crippen LogP contribution in [0.4, 0.5) is 0 Å². The van der Waals surface area contributed by atoms with Crippen LogP contribution < -0.4 is 0 Å². The Hall–Kier alpha value is -0.190. The quantitative estimate of drug-likeness (QED) is 0.334. The van der Waals surface area contributed by atoms with Gasteiger partial charge in [-0.1, -0.05) is 82.4 Å². The van der Waals surface area contributed by atoms with Gasteiger partial charge in [0.15, 0.2) is 5.85 Å². The van der Waals surface area contributed by atoms with E-state index in [0.717, 1.165) is 30.2 Å². The summed E-state index contributed by atoms with van der Waals surface area (Å²) in [6.07, 6.45) is 5.85. The summed E-state index contributed by atoms with van der Waals surface area (Å²) in [5.74, 6) is 1.24. The molecule has 1 aromatic carbocycles. The Morgan fingerprint density at radius 1 is 0.848 bits per heavy atom. The van der Waals surface area contributed by atoms with E-state index in [9.17, 15) is 9.67 Å². The minimum Gasteiger partial charge on any atom is -0.376 e. The highest BCUT2D eigenvalue weighted by molar-refractivity contribution is 9.10. The van der Waals surface area contributed by atoms with Gasteiger partial charge in [-0.25, -0.2) is 0 Å². The van der Waals surface area contributed by atoms with E-state index in [4.69, 9.17) is 9.05 Å². The Balaban J connectivity index is 1.94. The zero-order valence-electron chi connectivity index (χ0n) is 21.2. The molecular formula is C27H44BrO4P. The maximum Gasteiger partial charge on any atom is 0.363 e. The Bertz CT molecular complexity index is 758. The lowest BCUT2D eigenvalue weighted by Crippen LogP contribution is -2.37. The van der Waals surface area contributed by atoms with Gasteiger partial charge in [-0.3, -0.25) is 4.57 Å². The average molecular weight is 544 g/mol. The van der Waals surface area contributed by atoms with Gasteiger partial charge in [-0.2, -0.15) is 0 Å². The Morgan fingerprint density at radius 2 is 1.27 bits per heavy atom. The van der Waals surface area contributed by atoms with Crippen molar-refractivity contribution in [3.63, 3.8) is 0 Å². The maximum absolute atomic E-state index is 14.6. The van der Waals surface area contributed by atoms with Crippen molar-refractivity contribution >= 4 is 23.5 Å². The molecule has 2 fully saturated rings. The molecule has 2 aliphatic rings. The maximum atomic E-state index is 14.6. The van der Waals surface area contributed by atoms with Gasteiger partial charge in [-0.15, -0.1) is 0 Å². The third-order valence-corrected chi connectivity index (χ3v) is 10.5. The molecular weight excluding hydrogens is 499 g/mol. The minimum absolute atomic E-state index is 0.164. The first-order chi connectivity index (χ1) is 15.5. The molecule has 3 rings (SSSR count). The molecule has 0 amide bonds. The summed E-state index contributed by atoms with van der Waals surface area (Å²) in [7, 11) is -3.85. The zero-order valence-corrected chi connectivity index (χ0v) is 23.7. The summed E-state index contributed by atoms with van der Waals surface area (Å²) in [6.45, 7) is 13.3. The van der Waals surface area contributed by atoms with Gasteiger partial charge in [0.1, 0.15) is 0 Å². The van der Waals surface area contributed by atoms with Crippen molar-refractivity contribution < 1.29 is 18.7 Å². The normalized spacial score (nSPS) is 33.8. The Kier molecular flexibility index (Phi) is 9.71. The van der Waals surface area contributed by atoms with E-state index in [2.05, 4.69) is 57.5 Å². The number of rotatable bonds is 8. The molecule has 4 nitrogen and oxygen atoms in total.